The number of hydrogen-bond acceptors (Lipinski definition) is 13. The van der Waals surface area contributed by atoms with Gasteiger partial charge in [0.05, 0.1) is 40.1 Å². The van der Waals surface area contributed by atoms with Gasteiger partial charge in [-0.05, 0) is 148 Å². The van der Waals surface area contributed by atoms with E-state index in [2.05, 4.69) is 175 Å². The van der Waals surface area contributed by atoms with Crippen LogP contribution in [0.5, 0.6) is 40.2 Å². The van der Waals surface area contributed by atoms with Gasteiger partial charge in [0.2, 0.25) is 34.5 Å². The molecule has 1 N–H and O–H groups in total. The van der Waals surface area contributed by atoms with E-state index in [1.807, 2.05) is 24.3 Å². The Bertz CT molecular complexity index is 3840. The van der Waals surface area contributed by atoms with Crippen LogP contribution in [0.2, 0.25) is 0 Å². The standard InChI is InChI=1S/C87H126O13/c1-22-27-32-37-42-90-78-67-47-59(83(6,7)8)49-69(78)97-71-51-61(85(12,13)14)53-73(80(71)92-44-39-34-29-24-3)99-75-55-63(87(18,19)20)56-76(82(75)94-46-41-36-31-26-5)100-74-54-62(86(15,16)17)52-72(81(74)93-45-40-35-30-25-4)98-70-50-60(84(9,10)11)48-68(79(70)91-43-38-33-28-23-2)96-66-58-64(89-21)57-65(95-67)77(66)88/h47-58,88H,22-46H2,1-21H3. The molecular weight excluding hydrogens is 1250 g/mol. The summed E-state index contributed by atoms with van der Waals surface area (Å²) in [7, 11) is 1.58. The summed E-state index contributed by atoms with van der Waals surface area (Å²) in [4.78, 5) is 0. The summed E-state index contributed by atoms with van der Waals surface area (Å²) in [6.07, 6.45) is 19.5. The maximum absolute atomic E-state index is 12.9. The van der Waals surface area contributed by atoms with Crippen molar-refractivity contribution in [2.24, 2.45) is 0 Å². The highest BCUT2D eigenvalue weighted by Gasteiger charge is 2.27. The Balaban J connectivity index is 1.93. The van der Waals surface area contributed by atoms with Gasteiger partial charge in [0.25, 0.3) is 0 Å². The van der Waals surface area contributed by atoms with Crippen LogP contribution in [0.15, 0.2) is 99.3 Å². The molecule has 13 nitrogen and oxygen atoms in total. The topological polar surface area (TPSA) is 154 Å². The molecular formula is C87H126O13. The minimum atomic E-state index is -0.449. The molecule has 0 amide bonds. The highest BCUT2D eigenvalue weighted by atomic mass is 16.5. The zero-order valence-electron chi connectivity index (χ0n) is 65.5. The van der Waals surface area contributed by atoms with E-state index < -0.39 is 27.1 Å². The summed E-state index contributed by atoms with van der Waals surface area (Å²) >= 11 is 0. The third kappa shape index (κ3) is 22.6. The summed E-state index contributed by atoms with van der Waals surface area (Å²) < 4.78 is 86.1. The van der Waals surface area contributed by atoms with Crippen molar-refractivity contribution in [3.05, 3.63) is 101 Å². The average molecular weight is 1380 g/mol. The number of fused-ring (bicyclic) bond motifs is 12. The third-order valence-corrected chi connectivity index (χ3v) is 18.2. The van der Waals surface area contributed by atoms with E-state index in [0.29, 0.717) is 123 Å². The molecule has 552 valence electrons. The van der Waals surface area contributed by atoms with Gasteiger partial charge in [0.1, 0.15) is 5.75 Å². The Morgan fingerprint density at radius 2 is 0.420 bits per heavy atom. The quantitative estimate of drug-likeness (QED) is 0.0410. The number of phenols is 1. The lowest BCUT2D eigenvalue weighted by Gasteiger charge is -2.22. The van der Waals surface area contributed by atoms with Crippen molar-refractivity contribution in [3.8, 4) is 40.2 Å². The summed E-state index contributed by atoms with van der Waals surface area (Å²) in [5.41, 5.74) is 6.45. The fraction of sp³-hybridized carbons (Fsp3) is 0.586. The normalized spacial score (nSPS) is 12.3. The summed E-state index contributed by atoms with van der Waals surface area (Å²) in [6.45, 7) is 45.5. The number of aromatic hydroxyl groups is 1. The lowest BCUT2D eigenvalue weighted by molar-refractivity contribution is 0.295. The Labute approximate surface area is 599 Å². The number of methoxy groups -OCH3 is 1. The Hall–Kier alpha value is -7.28. The molecule has 0 aliphatic rings. The van der Waals surface area contributed by atoms with Crippen molar-refractivity contribution >= 4 is 67.0 Å². The SMILES string of the molecule is CCCCCCOc1c2cc(C(C)(C)C)cc1oc1cc(C(C)(C)C)cc(oc3cc(C(C)(C)C)cc(oc4cc(C(C)(C)C)cc(oc5cc(C(C)(C)C)cc(oc6cc(OC)cc(o2)c6O)c5OCCCCCC)c4OCCCCCC)c3OCCCCCC)c1OCCCCCC. The van der Waals surface area contributed by atoms with E-state index in [9.17, 15) is 5.11 Å². The summed E-state index contributed by atoms with van der Waals surface area (Å²) in [5, 5.41) is 12.9. The average Bonchev–Trinajstić information content (AvgIpc) is 0.773. The molecule has 7 rings (SSSR count). The zero-order valence-corrected chi connectivity index (χ0v) is 65.5. The van der Waals surface area contributed by atoms with Crippen LogP contribution in [0.3, 0.4) is 0 Å². The molecule has 12 bridgehead atoms. The van der Waals surface area contributed by atoms with E-state index in [0.717, 1.165) is 156 Å². The second kappa shape index (κ2) is 36.5. The Kier molecular flexibility index (Phi) is 29.3. The molecule has 1 heterocycles. The molecule has 6 aromatic carbocycles. The van der Waals surface area contributed by atoms with Crippen LogP contribution in [0.25, 0.3) is 67.0 Å². The maximum atomic E-state index is 12.9. The second-order valence-corrected chi connectivity index (χ2v) is 32.4. The zero-order chi connectivity index (χ0) is 73.0. The van der Waals surface area contributed by atoms with Crippen molar-refractivity contribution in [2.45, 2.75) is 294 Å². The Morgan fingerprint density at radius 3 is 0.570 bits per heavy atom. The second-order valence-electron chi connectivity index (χ2n) is 32.4. The molecule has 0 radical (unpaired) electrons. The number of phenolic OH excluding ortho intramolecular Hbond substituents is 1. The van der Waals surface area contributed by atoms with E-state index in [4.69, 9.17) is 54.9 Å². The van der Waals surface area contributed by atoms with Gasteiger partial charge in [-0.25, -0.2) is 0 Å². The van der Waals surface area contributed by atoms with Gasteiger partial charge in [-0.2, -0.15) is 0 Å². The van der Waals surface area contributed by atoms with Crippen molar-refractivity contribution in [1.82, 2.24) is 0 Å². The molecule has 0 unspecified atom stereocenters. The van der Waals surface area contributed by atoms with Crippen LogP contribution >= 0.6 is 0 Å². The molecule has 0 fully saturated rings. The first-order valence-electron chi connectivity index (χ1n) is 38.0. The minimum Gasteiger partial charge on any atom is -0.502 e. The van der Waals surface area contributed by atoms with Crippen LogP contribution in [-0.4, -0.2) is 45.3 Å². The first-order valence-corrected chi connectivity index (χ1v) is 38.0. The van der Waals surface area contributed by atoms with Gasteiger partial charge in [-0.3, -0.25) is 0 Å². The van der Waals surface area contributed by atoms with Gasteiger partial charge in [0.15, 0.2) is 67.0 Å². The number of rotatable bonds is 31. The van der Waals surface area contributed by atoms with Crippen LogP contribution in [0.1, 0.15) is 295 Å². The van der Waals surface area contributed by atoms with Gasteiger partial charge in [0, 0.05) is 12.1 Å². The van der Waals surface area contributed by atoms with Crippen molar-refractivity contribution < 1.29 is 60.0 Å². The predicted molar refractivity (Wildman–Crippen MR) is 414 cm³/mol. The van der Waals surface area contributed by atoms with Gasteiger partial charge >= 0.3 is 0 Å². The van der Waals surface area contributed by atoms with Crippen LogP contribution < -0.4 is 28.4 Å². The van der Waals surface area contributed by atoms with Crippen LogP contribution in [0.4, 0.5) is 0 Å². The highest BCUT2D eigenvalue weighted by molar-refractivity contribution is 5.84. The van der Waals surface area contributed by atoms with Gasteiger partial charge < -0.3 is 60.0 Å². The lowest BCUT2D eigenvalue weighted by atomic mass is 9.86. The smallest absolute Gasteiger partial charge is 0.204 e. The molecule has 13 heteroatoms. The maximum Gasteiger partial charge on any atom is 0.204 e. The van der Waals surface area contributed by atoms with E-state index >= 15 is 0 Å². The number of ether oxygens (including phenoxy) is 6. The molecule has 0 atom stereocenters. The van der Waals surface area contributed by atoms with Crippen molar-refractivity contribution in [3.63, 3.8) is 0 Å². The molecule has 7 aromatic rings. The molecule has 0 aliphatic heterocycles. The largest absolute Gasteiger partial charge is 0.502 e. The van der Waals surface area contributed by atoms with Gasteiger partial charge in [-0.15, -0.1) is 0 Å². The Morgan fingerprint density at radius 1 is 0.250 bits per heavy atom. The van der Waals surface area contributed by atoms with Gasteiger partial charge in [-0.1, -0.05) is 235 Å². The van der Waals surface area contributed by atoms with E-state index in [1.165, 1.54) is 0 Å². The monoisotopic (exact) mass is 1380 g/mol. The third-order valence-electron chi connectivity index (χ3n) is 18.2. The fourth-order valence-electron chi connectivity index (χ4n) is 11.6. The summed E-state index contributed by atoms with van der Waals surface area (Å²) in [5.74, 6) is 1.98. The van der Waals surface area contributed by atoms with Crippen molar-refractivity contribution in [1.29, 1.82) is 0 Å². The number of benzene rings is 6. The minimum absolute atomic E-state index is 0.0520. The summed E-state index contributed by atoms with van der Waals surface area (Å²) in [6, 6.07) is 23.8. The number of hydrogen-bond donors (Lipinski definition) is 1. The molecule has 1 aromatic heterocycles. The van der Waals surface area contributed by atoms with Crippen molar-refractivity contribution in [2.75, 3.05) is 40.1 Å². The van der Waals surface area contributed by atoms with E-state index in [-0.39, 0.29) is 16.9 Å². The van der Waals surface area contributed by atoms with E-state index in [1.54, 1.807) is 19.2 Å². The lowest BCUT2D eigenvalue weighted by Crippen LogP contribution is -2.12. The van der Waals surface area contributed by atoms with Crippen LogP contribution in [-0.2, 0) is 27.1 Å². The molecule has 0 saturated heterocycles. The molecule has 100 heavy (non-hydrogen) atoms. The number of unbranched alkanes of at least 4 members (excludes halogenated alkanes) is 15. The molecule has 0 saturated carbocycles. The first kappa shape index (κ1) is 80.0. The predicted octanol–water partition coefficient (Wildman–Crippen LogP) is 27.2. The fourth-order valence-corrected chi connectivity index (χ4v) is 11.6. The van der Waals surface area contributed by atoms with Crippen LogP contribution in [0, 0.1) is 0 Å². The molecule has 0 aliphatic carbocycles. The first-order chi connectivity index (χ1) is 47.4. The highest BCUT2D eigenvalue weighted by Crippen LogP contribution is 2.45. The molecule has 0 spiro atoms.